The summed E-state index contributed by atoms with van der Waals surface area (Å²) in [6.07, 6.45) is 2.85. The topological polar surface area (TPSA) is 41.8 Å². The van der Waals surface area contributed by atoms with Crippen molar-refractivity contribution in [1.29, 1.82) is 0 Å². The van der Waals surface area contributed by atoms with Crippen LogP contribution in [0.4, 0.5) is 0 Å². The Balaban J connectivity index is 2.99. The van der Waals surface area contributed by atoms with Crippen LogP contribution in [0.3, 0.4) is 0 Å². The number of rotatable bonds is 6. The molecule has 17 heavy (non-hydrogen) atoms. The fourth-order valence-corrected chi connectivity index (χ4v) is 1.76. The van der Waals surface area contributed by atoms with Crippen LogP contribution in [-0.2, 0) is 0 Å². The summed E-state index contributed by atoms with van der Waals surface area (Å²) in [7, 11) is 0. The van der Waals surface area contributed by atoms with Crippen molar-refractivity contribution in [2.75, 3.05) is 0 Å². The van der Waals surface area contributed by atoms with Crippen molar-refractivity contribution in [3.05, 3.63) is 29.8 Å². The summed E-state index contributed by atoms with van der Waals surface area (Å²) in [5.41, 5.74) is 1.54. The van der Waals surface area contributed by atoms with E-state index in [9.17, 15) is 0 Å². The Labute approximate surface area is 103 Å². The van der Waals surface area contributed by atoms with E-state index in [2.05, 4.69) is 19.0 Å². The van der Waals surface area contributed by atoms with Gasteiger partial charge in [-0.3, -0.25) is 0 Å². The molecule has 0 heterocycles. The van der Waals surface area contributed by atoms with E-state index in [-0.39, 0.29) is 6.10 Å². The van der Waals surface area contributed by atoms with E-state index in [1.807, 2.05) is 31.2 Å². The molecule has 0 radical (unpaired) electrons. The van der Waals surface area contributed by atoms with E-state index >= 15 is 0 Å². The molecule has 1 aromatic rings. The number of nitrogens with zero attached hydrogens (tertiary/aromatic N) is 1. The second-order valence-electron chi connectivity index (χ2n) is 3.95. The van der Waals surface area contributed by atoms with E-state index < -0.39 is 0 Å². The average Bonchev–Trinajstić information content (AvgIpc) is 2.39. The predicted octanol–water partition coefficient (Wildman–Crippen LogP) is 3.84. The summed E-state index contributed by atoms with van der Waals surface area (Å²) in [4.78, 5) is 0. The van der Waals surface area contributed by atoms with Gasteiger partial charge in [0.2, 0.25) is 0 Å². The van der Waals surface area contributed by atoms with Crippen LogP contribution in [0.1, 0.15) is 45.6 Å². The Morgan fingerprint density at radius 2 is 1.88 bits per heavy atom. The van der Waals surface area contributed by atoms with Crippen LogP contribution in [0.2, 0.25) is 0 Å². The monoisotopic (exact) mass is 235 g/mol. The van der Waals surface area contributed by atoms with E-state index in [1.54, 1.807) is 0 Å². The van der Waals surface area contributed by atoms with Crippen molar-refractivity contribution < 1.29 is 9.94 Å². The molecule has 1 aromatic carbocycles. The van der Waals surface area contributed by atoms with Crippen LogP contribution >= 0.6 is 0 Å². The first-order valence-corrected chi connectivity index (χ1v) is 6.23. The minimum Gasteiger partial charge on any atom is -0.490 e. The second-order valence-corrected chi connectivity index (χ2v) is 3.95. The highest BCUT2D eigenvalue weighted by molar-refractivity contribution is 6.02. The average molecular weight is 235 g/mol. The Kier molecular flexibility index (Phi) is 5.53. The van der Waals surface area contributed by atoms with Crippen LogP contribution in [0.25, 0.3) is 0 Å². The molecule has 0 unspecified atom stereocenters. The molecule has 1 rings (SSSR count). The minimum absolute atomic E-state index is 0.216. The molecule has 1 N–H and O–H groups in total. The standard InChI is InChI=1S/C14H21NO2/c1-4-11(5-2)17-14-10-8-7-9-12(14)13(6-3)15-16/h7-11,16H,4-6H2,1-3H3. The van der Waals surface area contributed by atoms with Crippen LogP contribution in [-0.4, -0.2) is 17.0 Å². The van der Waals surface area contributed by atoms with Gasteiger partial charge in [-0.1, -0.05) is 38.1 Å². The van der Waals surface area contributed by atoms with Crippen molar-refractivity contribution in [1.82, 2.24) is 0 Å². The summed E-state index contributed by atoms with van der Waals surface area (Å²) in [5, 5.41) is 12.3. The number of benzene rings is 1. The molecule has 0 aliphatic carbocycles. The number of para-hydroxylation sites is 1. The number of ether oxygens (including phenoxy) is 1. The van der Waals surface area contributed by atoms with Gasteiger partial charge in [0.05, 0.1) is 11.8 Å². The molecule has 0 atom stereocenters. The van der Waals surface area contributed by atoms with Gasteiger partial charge in [0.15, 0.2) is 0 Å². The van der Waals surface area contributed by atoms with Crippen LogP contribution in [0.15, 0.2) is 29.4 Å². The summed E-state index contributed by atoms with van der Waals surface area (Å²) < 4.78 is 5.94. The zero-order valence-electron chi connectivity index (χ0n) is 10.8. The van der Waals surface area contributed by atoms with Crippen molar-refractivity contribution >= 4 is 5.71 Å². The summed E-state index contributed by atoms with van der Waals surface area (Å²) in [6, 6.07) is 7.71. The summed E-state index contributed by atoms with van der Waals surface area (Å²) in [6.45, 7) is 6.18. The third-order valence-corrected chi connectivity index (χ3v) is 2.86. The highest BCUT2D eigenvalue weighted by atomic mass is 16.5. The molecule has 3 nitrogen and oxygen atoms in total. The normalized spacial score (nSPS) is 11.9. The molecule has 0 aromatic heterocycles. The van der Waals surface area contributed by atoms with Gasteiger partial charge >= 0.3 is 0 Å². The van der Waals surface area contributed by atoms with Gasteiger partial charge in [-0.2, -0.15) is 0 Å². The molecular formula is C14H21NO2. The maximum absolute atomic E-state index is 8.98. The Hall–Kier alpha value is -1.51. The van der Waals surface area contributed by atoms with Crippen LogP contribution in [0, 0.1) is 0 Å². The molecule has 0 saturated heterocycles. The van der Waals surface area contributed by atoms with E-state index in [1.165, 1.54) is 0 Å². The number of oxime groups is 1. The summed E-state index contributed by atoms with van der Waals surface area (Å²) >= 11 is 0. The van der Waals surface area contributed by atoms with Crippen molar-refractivity contribution in [3.63, 3.8) is 0 Å². The number of hydrogen-bond donors (Lipinski definition) is 1. The maximum Gasteiger partial charge on any atom is 0.128 e. The fraction of sp³-hybridized carbons (Fsp3) is 0.500. The molecule has 0 bridgehead atoms. The third kappa shape index (κ3) is 3.48. The highest BCUT2D eigenvalue weighted by Gasteiger charge is 2.12. The van der Waals surface area contributed by atoms with Gasteiger partial charge in [0, 0.05) is 5.56 Å². The first-order chi connectivity index (χ1) is 8.26. The van der Waals surface area contributed by atoms with Crippen molar-refractivity contribution in [2.45, 2.75) is 46.1 Å². The summed E-state index contributed by atoms with van der Waals surface area (Å²) in [5.74, 6) is 0.802. The van der Waals surface area contributed by atoms with E-state index in [0.717, 1.165) is 24.2 Å². The third-order valence-electron chi connectivity index (χ3n) is 2.86. The lowest BCUT2D eigenvalue weighted by Gasteiger charge is -2.18. The molecule has 0 amide bonds. The van der Waals surface area contributed by atoms with Crippen molar-refractivity contribution in [2.24, 2.45) is 5.16 Å². The second kappa shape index (κ2) is 6.94. The first kappa shape index (κ1) is 13.6. The molecule has 0 fully saturated rings. The van der Waals surface area contributed by atoms with E-state index in [0.29, 0.717) is 12.1 Å². The largest absolute Gasteiger partial charge is 0.490 e. The quantitative estimate of drug-likeness (QED) is 0.462. The lowest BCUT2D eigenvalue weighted by molar-refractivity contribution is 0.192. The van der Waals surface area contributed by atoms with Gasteiger partial charge in [-0.15, -0.1) is 0 Å². The minimum atomic E-state index is 0.216. The SMILES string of the molecule is CCC(=NO)c1ccccc1OC(CC)CC. The smallest absolute Gasteiger partial charge is 0.128 e. The Morgan fingerprint density at radius 3 is 2.41 bits per heavy atom. The van der Waals surface area contributed by atoms with Crippen LogP contribution < -0.4 is 4.74 Å². The fourth-order valence-electron chi connectivity index (χ4n) is 1.76. The van der Waals surface area contributed by atoms with Gasteiger partial charge in [0.25, 0.3) is 0 Å². The zero-order chi connectivity index (χ0) is 12.7. The lowest BCUT2D eigenvalue weighted by Crippen LogP contribution is -2.15. The van der Waals surface area contributed by atoms with Gasteiger partial charge in [-0.25, -0.2) is 0 Å². The highest BCUT2D eigenvalue weighted by Crippen LogP contribution is 2.22. The molecule has 94 valence electrons. The molecule has 3 heteroatoms. The maximum atomic E-state index is 8.98. The molecular weight excluding hydrogens is 214 g/mol. The molecule has 0 spiro atoms. The predicted molar refractivity (Wildman–Crippen MR) is 70.1 cm³/mol. The molecule has 0 aliphatic heterocycles. The van der Waals surface area contributed by atoms with E-state index in [4.69, 9.17) is 9.94 Å². The van der Waals surface area contributed by atoms with Crippen LogP contribution in [0.5, 0.6) is 5.75 Å². The molecule has 0 saturated carbocycles. The lowest BCUT2D eigenvalue weighted by atomic mass is 10.1. The molecule has 0 aliphatic rings. The number of hydrogen-bond acceptors (Lipinski definition) is 3. The van der Waals surface area contributed by atoms with Crippen molar-refractivity contribution in [3.8, 4) is 5.75 Å². The van der Waals surface area contributed by atoms with Gasteiger partial charge < -0.3 is 9.94 Å². The first-order valence-electron chi connectivity index (χ1n) is 6.23. The van der Waals surface area contributed by atoms with Gasteiger partial charge in [0.1, 0.15) is 5.75 Å². The Bertz CT molecular complexity index is 370. The Morgan fingerprint density at radius 1 is 1.24 bits per heavy atom. The van der Waals surface area contributed by atoms with Gasteiger partial charge in [-0.05, 0) is 31.4 Å². The zero-order valence-corrected chi connectivity index (χ0v) is 10.8.